The molecule has 3 heterocycles. The van der Waals surface area contributed by atoms with E-state index in [4.69, 9.17) is 9.47 Å². The Balaban J connectivity index is 1.68. The molecule has 3 aliphatic rings. The van der Waals surface area contributed by atoms with Gasteiger partial charge >= 0.3 is 6.09 Å². The molecule has 0 bridgehead atoms. The van der Waals surface area contributed by atoms with Gasteiger partial charge < -0.3 is 9.47 Å². The maximum atomic E-state index is 12.8. The minimum atomic E-state index is -3.70. The summed E-state index contributed by atoms with van der Waals surface area (Å²) in [5.41, 5.74) is 0.662. The Hall–Kier alpha value is -1.80. The van der Waals surface area contributed by atoms with Crippen LogP contribution in [0.4, 0.5) is 4.79 Å². The SMILES string of the molecule is CCCCOc1ccc2c(c1)[C@H]1C[C@H](N3CCCCC3)CN1C(=O)OCS2(=O)=O. The van der Waals surface area contributed by atoms with E-state index < -0.39 is 21.9 Å². The number of nitrogens with zero attached hydrogens (tertiary/aromatic N) is 2. The number of carbonyl (C=O) groups is 1. The highest BCUT2D eigenvalue weighted by atomic mass is 32.2. The predicted octanol–water partition coefficient (Wildman–Crippen LogP) is 3.35. The topological polar surface area (TPSA) is 76.2 Å². The minimum Gasteiger partial charge on any atom is -0.494 e. The molecule has 0 spiro atoms. The van der Waals surface area contributed by atoms with Crippen LogP contribution < -0.4 is 4.74 Å². The number of piperidine rings is 1. The molecule has 29 heavy (non-hydrogen) atoms. The molecule has 160 valence electrons. The number of likely N-dealkylation sites (tertiary alicyclic amines) is 1. The van der Waals surface area contributed by atoms with Crippen LogP contribution in [0.25, 0.3) is 0 Å². The van der Waals surface area contributed by atoms with Gasteiger partial charge in [-0.05, 0) is 62.5 Å². The Labute approximate surface area is 172 Å². The standard InChI is InChI=1S/C21H30N2O5S/c1-2-3-11-27-17-7-8-20-18(13-17)19-12-16(22-9-5-4-6-10-22)14-23(19)21(24)28-15-29(20,25)26/h7-8,13,16,19H,2-6,9-12,14-15H2,1H3/t16-,19+/m0/s1. The lowest BCUT2D eigenvalue weighted by atomic mass is 10.0. The van der Waals surface area contributed by atoms with Crippen molar-refractivity contribution >= 4 is 15.9 Å². The van der Waals surface area contributed by atoms with Crippen LogP contribution in [0.15, 0.2) is 23.1 Å². The Morgan fingerprint density at radius 1 is 1.21 bits per heavy atom. The average molecular weight is 423 g/mol. The molecular formula is C21H30N2O5S. The zero-order valence-corrected chi connectivity index (χ0v) is 17.8. The second kappa shape index (κ2) is 8.52. The monoisotopic (exact) mass is 422 g/mol. The van der Waals surface area contributed by atoms with Gasteiger partial charge in [0.1, 0.15) is 5.75 Å². The Kier molecular flexibility index (Phi) is 6.01. The summed E-state index contributed by atoms with van der Waals surface area (Å²) in [6, 6.07) is 5.05. The lowest BCUT2D eigenvalue weighted by Gasteiger charge is -2.31. The van der Waals surface area contributed by atoms with E-state index >= 15 is 0 Å². The van der Waals surface area contributed by atoms with Crippen LogP contribution in [-0.4, -0.2) is 62.5 Å². The molecule has 0 saturated carbocycles. The molecule has 7 nitrogen and oxygen atoms in total. The van der Waals surface area contributed by atoms with E-state index in [0.29, 0.717) is 24.5 Å². The van der Waals surface area contributed by atoms with Crippen LogP contribution in [0, 0.1) is 0 Å². The number of rotatable bonds is 5. The van der Waals surface area contributed by atoms with Gasteiger partial charge in [0, 0.05) is 12.6 Å². The fourth-order valence-corrected chi connectivity index (χ4v) is 5.84. The molecule has 2 saturated heterocycles. The summed E-state index contributed by atoms with van der Waals surface area (Å²) < 4.78 is 36.6. The van der Waals surface area contributed by atoms with Crippen molar-refractivity contribution in [3.63, 3.8) is 0 Å². The average Bonchev–Trinajstić information content (AvgIpc) is 3.17. The molecule has 8 heteroatoms. The largest absolute Gasteiger partial charge is 0.494 e. The summed E-state index contributed by atoms with van der Waals surface area (Å²) in [5.74, 6) is 0.0367. The van der Waals surface area contributed by atoms with Crippen molar-refractivity contribution in [1.82, 2.24) is 9.80 Å². The first-order chi connectivity index (χ1) is 14.0. The number of unbranched alkanes of at least 4 members (excludes halogenated alkanes) is 1. The van der Waals surface area contributed by atoms with Crippen LogP contribution in [0.2, 0.25) is 0 Å². The van der Waals surface area contributed by atoms with Crippen molar-refractivity contribution in [2.24, 2.45) is 0 Å². The fraction of sp³-hybridized carbons (Fsp3) is 0.667. The van der Waals surface area contributed by atoms with E-state index in [1.807, 2.05) is 6.07 Å². The first-order valence-corrected chi connectivity index (χ1v) is 12.3. The van der Waals surface area contributed by atoms with Gasteiger partial charge in [-0.3, -0.25) is 9.80 Å². The van der Waals surface area contributed by atoms with Crippen LogP contribution in [0.5, 0.6) is 5.75 Å². The summed E-state index contributed by atoms with van der Waals surface area (Å²) in [4.78, 5) is 17.1. The number of carbonyl (C=O) groups excluding carboxylic acids is 1. The van der Waals surface area contributed by atoms with Gasteiger partial charge in [-0.25, -0.2) is 13.2 Å². The third kappa shape index (κ3) is 4.23. The van der Waals surface area contributed by atoms with Crippen molar-refractivity contribution in [2.45, 2.75) is 62.4 Å². The highest BCUT2D eigenvalue weighted by Crippen LogP contribution is 2.41. The molecule has 1 aromatic carbocycles. The minimum absolute atomic E-state index is 0.228. The van der Waals surface area contributed by atoms with Crippen molar-refractivity contribution < 1.29 is 22.7 Å². The van der Waals surface area contributed by atoms with E-state index in [2.05, 4.69) is 11.8 Å². The predicted molar refractivity (Wildman–Crippen MR) is 109 cm³/mol. The van der Waals surface area contributed by atoms with Crippen LogP contribution in [0.3, 0.4) is 0 Å². The van der Waals surface area contributed by atoms with Crippen LogP contribution in [-0.2, 0) is 14.6 Å². The second-order valence-electron chi connectivity index (χ2n) is 8.20. The number of ether oxygens (including phenoxy) is 2. The Morgan fingerprint density at radius 2 is 2.00 bits per heavy atom. The maximum Gasteiger partial charge on any atom is 0.411 e. The summed E-state index contributed by atoms with van der Waals surface area (Å²) in [6.07, 6.45) is 5.74. The molecule has 3 aliphatic heterocycles. The van der Waals surface area contributed by atoms with E-state index in [1.54, 1.807) is 17.0 Å². The van der Waals surface area contributed by atoms with Crippen LogP contribution in [0.1, 0.15) is 57.1 Å². The number of sulfone groups is 1. The first-order valence-electron chi connectivity index (χ1n) is 10.7. The molecule has 0 N–H and O–H groups in total. The molecule has 1 aromatic rings. The lowest BCUT2D eigenvalue weighted by Crippen LogP contribution is -2.42. The first kappa shape index (κ1) is 20.5. The van der Waals surface area contributed by atoms with Gasteiger partial charge in [0.25, 0.3) is 0 Å². The van der Waals surface area contributed by atoms with Crippen molar-refractivity contribution in [1.29, 1.82) is 0 Å². The fourth-order valence-electron chi connectivity index (χ4n) is 4.63. The molecule has 4 rings (SSSR count). The number of benzene rings is 1. The summed E-state index contributed by atoms with van der Waals surface area (Å²) in [7, 11) is -3.70. The molecule has 2 atom stereocenters. The quantitative estimate of drug-likeness (QED) is 0.678. The highest BCUT2D eigenvalue weighted by Gasteiger charge is 2.43. The number of fused-ring (bicyclic) bond motifs is 3. The normalized spacial score (nSPS) is 26.8. The van der Waals surface area contributed by atoms with Crippen LogP contribution >= 0.6 is 0 Å². The zero-order valence-electron chi connectivity index (χ0n) is 17.0. The van der Waals surface area contributed by atoms with Gasteiger partial charge in [0.15, 0.2) is 5.94 Å². The molecule has 0 aliphatic carbocycles. The van der Waals surface area contributed by atoms with E-state index in [-0.39, 0.29) is 17.0 Å². The Morgan fingerprint density at radius 3 is 2.76 bits per heavy atom. The molecule has 2 fully saturated rings. The molecule has 0 aromatic heterocycles. The third-order valence-corrected chi connectivity index (χ3v) is 7.67. The zero-order chi connectivity index (χ0) is 20.4. The Bertz CT molecular complexity index is 851. The van der Waals surface area contributed by atoms with Crippen molar-refractivity contribution in [3.05, 3.63) is 23.8 Å². The van der Waals surface area contributed by atoms with Gasteiger partial charge in [-0.15, -0.1) is 0 Å². The second-order valence-corrected chi connectivity index (χ2v) is 10.1. The van der Waals surface area contributed by atoms with Gasteiger partial charge in [-0.1, -0.05) is 19.8 Å². The maximum absolute atomic E-state index is 12.8. The summed E-state index contributed by atoms with van der Waals surface area (Å²) in [5, 5.41) is 0. The summed E-state index contributed by atoms with van der Waals surface area (Å²) in [6.45, 7) is 5.33. The smallest absolute Gasteiger partial charge is 0.411 e. The van der Waals surface area contributed by atoms with Gasteiger partial charge in [0.05, 0.1) is 17.5 Å². The highest BCUT2D eigenvalue weighted by molar-refractivity contribution is 7.91. The van der Waals surface area contributed by atoms with E-state index in [1.165, 1.54) is 19.3 Å². The van der Waals surface area contributed by atoms with E-state index in [9.17, 15) is 13.2 Å². The number of cyclic esters (lactones) is 1. The summed E-state index contributed by atoms with van der Waals surface area (Å²) >= 11 is 0. The molecular weight excluding hydrogens is 392 g/mol. The van der Waals surface area contributed by atoms with Crippen molar-refractivity contribution in [3.8, 4) is 5.75 Å². The number of amides is 1. The molecule has 0 radical (unpaired) electrons. The van der Waals surface area contributed by atoms with Gasteiger partial charge in [-0.2, -0.15) is 0 Å². The third-order valence-electron chi connectivity index (χ3n) is 6.20. The lowest BCUT2D eigenvalue weighted by molar-refractivity contribution is 0.105. The molecule has 1 amide bonds. The van der Waals surface area contributed by atoms with Gasteiger partial charge in [0.2, 0.25) is 9.84 Å². The number of hydrogen-bond acceptors (Lipinski definition) is 6. The number of hydrogen-bond donors (Lipinski definition) is 0. The van der Waals surface area contributed by atoms with E-state index in [0.717, 1.165) is 32.4 Å². The molecule has 0 unspecified atom stereocenters. The van der Waals surface area contributed by atoms with Crippen molar-refractivity contribution in [2.75, 3.05) is 32.2 Å².